The van der Waals surface area contributed by atoms with E-state index >= 15 is 0 Å². The van der Waals surface area contributed by atoms with Crippen molar-refractivity contribution in [3.63, 3.8) is 0 Å². The lowest BCUT2D eigenvalue weighted by Gasteiger charge is -2.31. The lowest BCUT2D eigenvalue weighted by atomic mass is 10.1. The Bertz CT molecular complexity index is 939. The van der Waals surface area contributed by atoms with Gasteiger partial charge in [-0.05, 0) is 44.7 Å². The largest absolute Gasteiger partial charge is 0.476 e. The highest BCUT2D eigenvalue weighted by Gasteiger charge is 2.31. The van der Waals surface area contributed by atoms with Crippen molar-refractivity contribution in [1.29, 1.82) is 0 Å². The number of anilines is 2. The number of carbonyl (C=O) groups is 2. The number of esters is 1. The van der Waals surface area contributed by atoms with Gasteiger partial charge in [0.2, 0.25) is 5.91 Å². The Balaban J connectivity index is 2.40. The highest BCUT2D eigenvalue weighted by atomic mass is 16.6. The van der Waals surface area contributed by atoms with Gasteiger partial charge in [0.15, 0.2) is 5.60 Å². The van der Waals surface area contributed by atoms with E-state index in [4.69, 9.17) is 14.0 Å². The minimum absolute atomic E-state index is 0.0629. The first-order valence-electron chi connectivity index (χ1n) is 11.3. The molecule has 0 aliphatic heterocycles. The van der Waals surface area contributed by atoms with Crippen molar-refractivity contribution >= 4 is 23.3 Å². The predicted octanol–water partition coefficient (Wildman–Crippen LogP) is 4.61. The van der Waals surface area contributed by atoms with Crippen molar-refractivity contribution in [1.82, 2.24) is 5.16 Å². The van der Waals surface area contributed by atoms with E-state index in [1.807, 2.05) is 19.1 Å². The van der Waals surface area contributed by atoms with Gasteiger partial charge in [0.1, 0.15) is 11.5 Å². The van der Waals surface area contributed by atoms with Crippen LogP contribution < -0.4 is 15.0 Å². The van der Waals surface area contributed by atoms with Crippen molar-refractivity contribution in [2.24, 2.45) is 11.8 Å². The number of methoxy groups -OCH3 is 1. The van der Waals surface area contributed by atoms with Crippen molar-refractivity contribution in [2.45, 2.75) is 60.5 Å². The van der Waals surface area contributed by atoms with Crippen LogP contribution in [0.25, 0.3) is 0 Å². The van der Waals surface area contributed by atoms with Crippen LogP contribution in [0.1, 0.15) is 53.0 Å². The van der Waals surface area contributed by atoms with Gasteiger partial charge in [0.25, 0.3) is 0 Å². The molecule has 1 aromatic heterocycles. The van der Waals surface area contributed by atoms with Crippen molar-refractivity contribution in [3.05, 3.63) is 35.7 Å². The number of carbonyl (C=O) groups excluding carboxylic acids is 2. The highest BCUT2D eigenvalue weighted by Crippen LogP contribution is 2.33. The number of hydrogen-bond donors (Lipinski definition) is 1. The van der Waals surface area contributed by atoms with Gasteiger partial charge in [-0.3, -0.25) is 4.79 Å². The molecule has 0 bridgehead atoms. The van der Waals surface area contributed by atoms with Crippen molar-refractivity contribution in [3.8, 4) is 5.75 Å². The van der Waals surface area contributed by atoms with Gasteiger partial charge in [-0.1, -0.05) is 32.9 Å². The van der Waals surface area contributed by atoms with Crippen LogP contribution in [0.4, 0.5) is 11.4 Å². The third-order valence-electron chi connectivity index (χ3n) is 4.82. The molecule has 0 aliphatic carbocycles. The van der Waals surface area contributed by atoms with Crippen LogP contribution in [0, 0.1) is 18.8 Å². The molecule has 0 saturated carbocycles. The summed E-state index contributed by atoms with van der Waals surface area (Å²) >= 11 is 0. The molecule has 1 aromatic carbocycles. The zero-order chi connectivity index (χ0) is 24.8. The maximum Gasteiger partial charge on any atom is 0.349 e. The van der Waals surface area contributed by atoms with Gasteiger partial charge < -0.3 is 24.2 Å². The number of hydrogen-bond acceptors (Lipinski definition) is 7. The first-order chi connectivity index (χ1) is 15.4. The SMILES string of the molecule is COC(=O)C(C)(C)Oc1ccc(N(CC(C)C)CC(C)C)c(NC(=O)Cc2cc(C)no2)c1. The number of benzene rings is 1. The lowest BCUT2D eigenvalue weighted by Crippen LogP contribution is -2.39. The van der Waals surface area contributed by atoms with E-state index in [-0.39, 0.29) is 12.3 Å². The number of ether oxygens (including phenoxy) is 2. The Morgan fingerprint density at radius 3 is 2.27 bits per heavy atom. The molecule has 0 aliphatic rings. The predicted molar refractivity (Wildman–Crippen MR) is 129 cm³/mol. The monoisotopic (exact) mass is 459 g/mol. The molecular formula is C25H37N3O5. The molecule has 182 valence electrons. The maximum atomic E-state index is 12.8. The van der Waals surface area contributed by atoms with Crippen LogP contribution in [0.2, 0.25) is 0 Å². The second kappa shape index (κ2) is 11.2. The highest BCUT2D eigenvalue weighted by molar-refractivity contribution is 5.95. The zero-order valence-corrected chi connectivity index (χ0v) is 21.0. The van der Waals surface area contributed by atoms with Crippen LogP contribution in [0.5, 0.6) is 5.75 Å². The van der Waals surface area contributed by atoms with E-state index in [1.54, 1.807) is 26.0 Å². The number of aromatic nitrogens is 1. The molecule has 33 heavy (non-hydrogen) atoms. The summed E-state index contributed by atoms with van der Waals surface area (Å²) in [5.41, 5.74) is 1.04. The number of rotatable bonds is 11. The van der Waals surface area contributed by atoms with E-state index in [9.17, 15) is 9.59 Å². The van der Waals surface area contributed by atoms with E-state index in [2.05, 4.69) is 43.1 Å². The first kappa shape index (κ1) is 26.2. The summed E-state index contributed by atoms with van der Waals surface area (Å²) in [7, 11) is 1.32. The fourth-order valence-corrected chi connectivity index (χ4v) is 3.54. The Kier molecular flexibility index (Phi) is 8.91. The van der Waals surface area contributed by atoms with Gasteiger partial charge in [-0.2, -0.15) is 0 Å². The van der Waals surface area contributed by atoms with Gasteiger partial charge in [0.05, 0.1) is 30.6 Å². The van der Waals surface area contributed by atoms with Crippen LogP contribution in [0.3, 0.4) is 0 Å². The lowest BCUT2D eigenvalue weighted by molar-refractivity contribution is -0.156. The average molecular weight is 460 g/mol. The molecule has 2 rings (SSSR count). The molecule has 8 nitrogen and oxygen atoms in total. The summed E-state index contributed by atoms with van der Waals surface area (Å²) in [5.74, 6) is 1.09. The molecular weight excluding hydrogens is 422 g/mol. The van der Waals surface area contributed by atoms with Crippen LogP contribution in [-0.4, -0.2) is 42.8 Å². The van der Waals surface area contributed by atoms with E-state index in [0.29, 0.717) is 29.0 Å². The minimum Gasteiger partial charge on any atom is -0.476 e. The normalized spacial score (nSPS) is 11.6. The molecule has 2 aromatic rings. The summed E-state index contributed by atoms with van der Waals surface area (Å²) in [5, 5.41) is 6.84. The molecule has 0 saturated heterocycles. The summed E-state index contributed by atoms with van der Waals surface area (Å²) < 4.78 is 16.0. The molecule has 8 heteroatoms. The van der Waals surface area contributed by atoms with Crippen molar-refractivity contribution in [2.75, 3.05) is 30.4 Å². The third kappa shape index (κ3) is 7.80. The number of nitrogens with zero attached hydrogens (tertiary/aromatic N) is 2. The van der Waals surface area contributed by atoms with E-state index in [0.717, 1.165) is 24.5 Å². The maximum absolute atomic E-state index is 12.8. The fraction of sp³-hybridized carbons (Fsp3) is 0.560. The Morgan fingerprint density at radius 1 is 1.12 bits per heavy atom. The molecule has 1 N–H and O–H groups in total. The van der Waals surface area contributed by atoms with Gasteiger partial charge in [0, 0.05) is 25.2 Å². The van der Waals surface area contributed by atoms with E-state index < -0.39 is 11.6 Å². The Hall–Kier alpha value is -3.03. The van der Waals surface area contributed by atoms with Crippen LogP contribution in [-0.2, 0) is 20.7 Å². The molecule has 0 atom stereocenters. The van der Waals surface area contributed by atoms with Gasteiger partial charge in [-0.25, -0.2) is 4.79 Å². The molecule has 0 radical (unpaired) electrons. The van der Waals surface area contributed by atoms with E-state index in [1.165, 1.54) is 7.11 Å². The van der Waals surface area contributed by atoms with Crippen LogP contribution in [0.15, 0.2) is 28.8 Å². The summed E-state index contributed by atoms with van der Waals surface area (Å²) in [6.07, 6.45) is 0.0629. The number of aryl methyl sites for hydroxylation is 1. The van der Waals surface area contributed by atoms with Crippen LogP contribution >= 0.6 is 0 Å². The van der Waals surface area contributed by atoms with Gasteiger partial charge >= 0.3 is 5.97 Å². The first-order valence-corrected chi connectivity index (χ1v) is 11.3. The summed E-state index contributed by atoms with van der Waals surface area (Å²) in [6, 6.07) is 7.21. The third-order valence-corrected chi connectivity index (χ3v) is 4.82. The minimum atomic E-state index is -1.18. The number of amides is 1. The fourth-order valence-electron chi connectivity index (χ4n) is 3.54. The standard InChI is InChI=1S/C25H37N3O5/c1-16(2)14-28(15-17(3)4)22-10-9-19(32-25(6,7)24(30)31-8)12-21(22)26-23(29)13-20-11-18(5)27-33-20/h9-12,16-17H,13-15H2,1-8H3,(H,26,29). The summed E-state index contributed by atoms with van der Waals surface area (Å²) in [4.78, 5) is 27.2. The smallest absolute Gasteiger partial charge is 0.349 e. The van der Waals surface area contributed by atoms with Crippen molar-refractivity contribution < 1.29 is 23.6 Å². The van der Waals surface area contributed by atoms with Gasteiger partial charge in [-0.15, -0.1) is 0 Å². The zero-order valence-electron chi connectivity index (χ0n) is 21.0. The summed E-state index contributed by atoms with van der Waals surface area (Å²) in [6.45, 7) is 15.4. The second-order valence-corrected chi connectivity index (χ2v) is 9.64. The number of nitrogens with one attached hydrogen (secondary N) is 1. The second-order valence-electron chi connectivity index (χ2n) is 9.64. The molecule has 1 heterocycles. The Morgan fingerprint density at radius 2 is 1.76 bits per heavy atom. The quantitative estimate of drug-likeness (QED) is 0.490. The molecule has 0 fully saturated rings. The topological polar surface area (TPSA) is 93.9 Å². The Labute approximate surface area is 196 Å². The molecule has 0 unspecified atom stereocenters. The average Bonchev–Trinajstić information content (AvgIpc) is 3.10. The molecule has 1 amide bonds. The molecule has 0 spiro atoms.